The molecule has 1 aromatic carbocycles. The molecule has 0 bridgehead atoms. The van der Waals surface area contributed by atoms with E-state index in [2.05, 4.69) is 0 Å². The van der Waals surface area contributed by atoms with Gasteiger partial charge in [0.15, 0.2) is 0 Å². The monoisotopic (exact) mass is 264 g/mol. The number of methoxy groups -OCH3 is 1. The number of ether oxygens (including phenoxy) is 1. The SMILES string of the molecule is COC1CCCC(O)(c2cc3cc(F)ccc3o2)C1. The van der Waals surface area contributed by atoms with Gasteiger partial charge in [0.2, 0.25) is 0 Å². The zero-order chi connectivity index (χ0) is 13.5. The van der Waals surface area contributed by atoms with Crippen molar-refractivity contribution in [1.82, 2.24) is 0 Å². The minimum absolute atomic E-state index is 0.0451. The number of rotatable bonds is 2. The smallest absolute Gasteiger partial charge is 0.136 e. The summed E-state index contributed by atoms with van der Waals surface area (Å²) in [7, 11) is 1.66. The Morgan fingerprint density at radius 2 is 2.26 bits per heavy atom. The molecule has 1 saturated carbocycles. The second-order valence-corrected chi connectivity index (χ2v) is 5.28. The summed E-state index contributed by atoms with van der Waals surface area (Å²) in [4.78, 5) is 0. The Kier molecular flexibility index (Phi) is 3.07. The van der Waals surface area contributed by atoms with E-state index in [1.54, 1.807) is 19.2 Å². The fraction of sp³-hybridized carbons (Fsp3) is 0.467. The van der Waals surface area contributed by atoms with Crippen LogP contribution in [0.3, 0.4) is 0 Å². The molecule has 2 atom stereocenters. The van der Waals surface area contributed by atoms with E-state index < -0.39 is 5.60 Å². The lowest BCUT2D eigenvalue weighted by Crippen LogP contribution is -2.35. The Morgan fingerprint density at radius 3 is 3.05 bits per heavy atom. The molecule has 3 rings (SSSR count). The van der Waals surface area contributed by atoms with E-state index in [0.717, 1.165) is 12.8 Å². The molecule has 1 aliphatic carbocycles. The molecule has 19 heavy (non-hydrogen) atoms. The number of benzene rings is 1. The summed E-state index contributed by atoms with van der Waals surface area (Å²) in [5.74, 6) is 0.208. The van der Waals surface area contributed by atoms with Gasteiger partial charge in [-0.3, -0.25) is 0 Å². The molecule has 1 N–H and O–H groups in total. The number of fused-ring (bicyclic) bond motifs is 1. The van der Waals surface area contributed by atoms with Gasteiger partial charge in [0.05, 0.1) is 6.10 Å². The van der Waals surface area contributed by atoms with Crippen LogP contribution in [0.15, 0.2) is 28.7 Å². The molecule has 1 heterocycles. The van der Waals surface area contributed by atoms with Gasteiger partial charge in [0, 0.05) is 18.9 Å². The van der Waals surface area contributed by atoms with E-state index in [9.17, 15) is 9.50 Å². The average Bonchev–Trinajstić information content (AvgIpc) is 2.82. The van der Waals surface area contributed by atoms with Gasteiger partial charge in [-0.25, -0.2) is 4.39 Å². The van der Waals surface area contributed by atoms with Gasteiger partial charge in [-0.2, -0.15) is 0 Å². The molecule has 1 aliphatic rings. The van der Waals surface area contributed by atoms with Crippen LogP contribution in [0.1, 0.15) is 31.4 Å². The summed E-state index contributed by atoms with van der Waals surface area (Å²) < 4.78 is 24.2. The van der Waals surface area contributed by atoms with Crippen LogP contribution in [-0.4, -0.2) is 18.3 Å². The highest BCUT2D eigenvalue weighted by atomic mass is 19.1. The molecule has 4 heteroatoms. The van der Waals surface area contributed by atoms with E-state index in [4.69, 9.17) is 9.15 Å². The van der Waals surface area contributed by atoms with Crippen molar-refractivity contribution in [2.75, 3.05) is 7.11 Å². The van der Waals surface area contributed by atoms with E-state index in [1.807, 2.05) is 0 Å². The van der Waals surface area contributed by atoms with Crippen molar-refractivity contribution < 1.29 is 18.7 Å². The first-order valence-corrected chi connectivity index (χ1v) is 6.55. The first-order valence-electron chi connectivity index (χ1n) is 6.55. The molecule has 1 aromatic heterocycles. The molecule has 2 unspecified atom stereocenters. The Balaban J connectivity index is 1.98. The maximum atomic E-state index is 13.2. The van der Waals surface area contributed by atoms with Gasteiger partial charge in [0.1, 0.15) is 22.8 Å². The fourth-order valence-corrected chi connectivity index (χ4v) is 2.87. The van der Waals surface area contributed by atoms with Gasteiger partial charge in [-0.15, -0.1) is 0 Å². The number of hydrogen-bond acceptors (Lipinski definition) is 3. The zero-order valence-electron chi connectivity index (χ0n) is 10.9. The lowest BCUT2D eigenvalue weighted by atomic mass is 9.81. The highest BCUT2D eigenvalue weighted by molar-refractivity contribution is 5.78. The van der Waals surface area contributed by atoms with Gasteiger partial charge in [-0.1, -0.05) is 0 Å². The predicted molar refractivity (Wildman–Crippen MR) is 69.3 cm³/mol. The lowest BCUT2D eigenvalue weighted by molar-refractivity contribution is -0.0744. The maximum Gasteiger partial charge on any atom is 0.136 e. The quantitative estimate of drug-likeness (QED) is 0.904. The van der Waals surface area contributed by atoms with E-state index in [1.165, 1.54) is 12.1 Å². The largest absolute Gasteiger partial charge is 0.458 e. The lowest BCUT2D eigenvalue weighted by Gasteiger charge is -2.34. The summed E-state index contributed by atoms with van der Waals surface area (Å²) >= 11 is 0. The average molecular weight is 264 g/mol. The van der Waals surface area contributed by atoms with Crippen LogP contribution < -0.4 is 0 Å². The van der Waals surface area contributed by atoms with Crippen LogP contribution in [0, 0.1) is 5.82 Å². The van der Waals surface area contributed by atoms with Crippen molar-refractivity contribution in [3.05, 3.63) is 35.8 Å². The standard InChI is InChI=1S/C15H17FO3/c1-18-12-3-2-6-15(17,9-12)14-8-10-7-11(16)4-5-13(10)19-14/h4-5,7-8,12,17H,2-3,6,9H2,1H3. The Hall–Kier alpha value is -1.39. The number of hydrogen-bond donors (Lipinski definition) is 1. The van der Waals surface area contributed by atoms with Crippen LogP contribution >= 0.6 is 0 Å². The van der Waals surface area contributed by atoms with Gasteiger partial charge >= 0.3 is 0 Å². The Labute approximate surface area is 111 Å². The molecule has 0 saturated heterocycles. The second-order valence-electron chi connectivity index (χ2n) is 5.28. The molecular formula is C15H17FO3. The Morgan fingerprint density at radius 1 is 1.42 bits per heavy atom. The third-order valence-electron chi connectivity index (χ3n) is 3.95. The summed E-state index contributed by atoms with van der Waals surface area (Å²) in [5, 5.41) is 11.4. The van der Waals surface area contributed by atoms with Crippen molar-refractivity contribution in [3.63, 3.8) is 0 Å². The summed E-state index contributed by atoms with van der Waals surface area (Å²) in [5.41, 5.74) is -0.404. The van der Waals surface area contributed by atoms with E-state index >= 15 is 0 Å². The first kappa shape index (κ1) is 12.6. The second kappa shape index (κ2) is 4.62. The molecule has 102 valence electrons. The maximum absolute atomic E-state index is 13.2. The van der Waals surface area contributed by atoms with Crippen LogP contribution in [0.25, 0.3) is 11.0 Å². The highest BCUT2D eigenvalue weighted by Crippen LogP contribution is 2.40. The van der Waals surface area contributed by atoms with Crippen LogP contribution in [-0.2, 0) is 10.3 Å². The molecule has 0 radical (unpaired) electrons. The third kappa shape index (κ3) is 2.26. The van der Waals surface area contributed by atoms with Gasteiger partial charge in [0.25, 0.3) is 0 Å². The first-order chi connectivity index (χ1) is 9.10. The molecule has 1 fully saturated rings. The van der Waals surface area contributed by atoms with Crippen LogP contribution in [0.5, 0.6) is 0 Å². The van der Waals surface area contributed by atoms with Gasteiger partial charge < -0.3 is 14.3 Å². The molecule has 0 spiro atoms. The minimum Gasteiger partial charge on any atom is -0.458 e. The number of halogens is 1. The minimum atomic E-state index is -1.01. The molecule has 3 nitrogen and oxygen atoms in total. The summed E-state index contributed by atoms with van der Waals surface area (Å²) in [6.45, 7) is 0. The normalized spacial score (nSPS) is 27.8. The zero-order valence-corrected chi connectivity index (χ0v) is 10.9. The third-order valence-corrected chi connectivity index (χ3v) is 3.95. The molecule has 0 amide bonds. The van der Waals surface area contributed by atoms with Crippen molar-refractivity contribution >= 4 is 11.0 Å². The highest BCUT2D eigenvalue weighted by Gasteiger charge is 2.38. The van der Waals surface area contributed by atoms with Crippen LogP contribution in [0.2, 0.25) is 0 Å². The van der Waals surface area contributed by atoms with Crippen molar-refractivity contribution in [1.29, 1.82) is 0 Å². The number of aliphatic hydroxyl groups is 1. The molecule has 2 aromatic rings. The number of furan rings is 1. The van der Waals surface area contributed by atoms with E-state index in [-0.39, 0.29) is 11.9 Å². The predicted octanol–water partition coefficient (Wildman–Crippen LogP) is 3.35. The summed E-state index contributed by atoms with van der Waals surface area (Å²) in [6.07, 6.45) is 3.05. The molecular weight excluding hydrogens is 247 g/mol. The van der Waals surface area contributed by atoms with E-state index in [0.29, 0.717) is 29.6 Å². The van der Waals surface area contributed by atoms with Crippen molar-refractivity contribution in [2.24, 2.45) is 0 Å². The van der Waals surface area contributed by atoms with Crippen molar-refractivity contribution in [2.45, 2.75) is 37.4 Å². The topological polar surface area (TPSA) is 42.6 Å². The van der Waals surface area contributed by atoms with Crippen LogP contribution in [0.4, 0.5) is 4.39 Å². The van der Waals surface area contributed by atoms with Gasteiger partial charge in [-0.05, 0) is 43.5 Å². The van der Waals surface area contributed by atoms with Crippen molar-refractivity contribution in [3.8, 4) is 0 Å². The summed E-state index contributed by atoms with van der Waals surface area (Å²) in [6, 6.07) is 6.10. The Bertz CT molecular complexity index is 592. The fourth-order valence-electron chi connectivity index (χ4n) is 2.87. The molecule has 0 aliphatic heterocycles.